The van der Waals surface area contributed by atoms with E-state index in [1.807, 2.05) is 18.0 Å². The standard InChI is InChI=1S/C26H28N4/c1-17(2)30(24-16-28-13-9-23(24)27)21-7-6-20(29-15-21)14-19-5-4-18(3)22-8-10-26(11-12-26)25(19)22/h4-7,9,13,15-16H,1,8,10-12,14H2,2-3H3,(H2,27,28). The van der Waals surface area contributed by atoms with E-state index in [2.05, 4.69) is 42.8 Å². The number of allylic oxidation sites excluding steroid dienone is 1. The summed E-state index contributed by atoms with van der Waals surface area (Å²) in [5.74, 6) is 0. The molecule has 0 bridgehead atoms. The van der Waals surface area contributed by atoms with Crippen molar-refractivity contribution in [3.8, 4) is 0 Å². The van der Waals surface area contributed by atoms with Gasteiger partial charge in [0.15, 0.2) is 0 Å². The van der Waals surface area contributed by atoms with Gasteiger partial charge in [-0.1, -0.05) is 18.7 Å². The monoisotopic (exact) mass is 396 g/mol. The SMILES string of the molecule is C=C(C)N(c1ccc(Cc2ccc(C)c3c2C2(CC3)CC2)nc1)c1cnccc1N. The average Bonchev–Trinajstić information content (AvgIpc) is 3.40. The molecule has 0 atom stereocenters. The van der Waals surface area contributed by atoms with Gasteiger partial charge in [-0.3, -0.25) is 9.97 Å². The largest absolute Gasteiger partial charge is 0.397 e. The highest BCUT2D eigenvalue weighted by Gasteiger charge is 2.49. The van der Waals surface area contributed by atoms with Gasteiger partial charge >= 0.3 is 0 Å². The fraction of sp³-hybridized carbons (Fsp3) is 0.308. The zero-order valence-corrected chi connectivity index (χ0v) is 17.8. The zero-order valence-electron chi connectivity index (χ0n) is 17.8. The van der Waals surface area contributed by atoms with Crippen LogP contribution in [0, 0.1) is 6.92 Å². The molecule has 2 aromatic heterocycles. The molecule has 2 heterocycles. The van der Waals surface area contributed by atoms with Gasteiger partial charge in [0, 0.05) is 24.0 Å². The fourth-order valence-electron chi connectivity index (χ4n) is 5.07. The van der Waals surface area contributed by atoms with Crippen LogP contribution in [0.2, 0.25) is 0 Å². The number of hydrogen-bond acceptors (Lipinski definition) is 4. The van der Waals surface area contributed by atoms with Gasteiger partial charge in [0.2, 0.25) is 0 Å². The van der Waals surface area contributed by atoms with E-state index in [-0.39, 0.29) is 0 Å². The summed E-state index contributed by atoms with van der Waals surface area (Å²) in [6.45, 7) is 8.35. The third-order valence-corrected chi connectivity index (χ3v) is 6.77. The normalized spacial score (nSPS) is 15.8. The van der Waals surface area contributed by atoms with Gasteiger partial charge in [0.25, 0.3) is 0 Å². The number of nitrogen functional groups attached to an aromatic ring is 1. The molecule has 1 fully saturated rings. The molecule has 0 amide bonds. The highest BCUT2D eigenvalue weighted by atomic mass is 15.2. The molecule has 2 N–H and O–H groups in total. The lowest BCUT2D eigenvalue weighted by Gasteiger charge is -2.25. The number of hydrogen-bond donors (Lipinski definition) is 1. The molecule has 0 radical (unpaired) electrons. The van der Waals surface area contributed by atoms with E-state index in [0.717, 1.165) is 29.2 Å². The third-order valence-electron chi connectivity index (χ3n) is 6.77. The van der Waals surface area contributed by atoms with Crippen LogP contribution in [0.5, 0.6) is 0 Å². The van der Waals surface area contributed by atoms with Crippen LogP contribution in [0.4, 0.5) is 17.1 Å². The first-order chi connectivity index (χ1) is 14.5. The van der Waals surface area contributed by atoms with Crippen LogP contribution < -0.4 is 10.6 Å². The fourth-order valence-corrected chi connectivity index (χ4v) is 5.07. The van der Waals surface area contributed by atoms with E-state index in [9.17, 15) is 0 Å². The molecule has 4 heteroatoms. The minimum atomic E-state index is 0.477. The van der Waals surface area contributed by atoms with Crippen LogP contribution in [0.3, 0.4) is 0 Å². The number of aromatic nitrogens is 2. The average molecular weight is 397 g/mol. The predicted molar refractivity (Wildman–Crippen MR) is 123 cm³/mol. The Hall–Kier alpha value is -3.14. The van der Waals surface area contributed by atoms with E-state index in [1.165, 1.54) is 36.8 Å². The van der Waals surface area contributed by atoms with Gasteiger partial charge in [0.1, 0.15) is 0 Å². The van der Waals surface area contributed by atoms with Crippen molar-refractivity contribution >= 4 is 17.1 Å². The van der Waals surface area contributed by atoms with Crippen LogP contribution in [0.15, 0.2) is 61.2 Å². The summed E-state index contributed by atoms with van der Waals surface area (Å²) in [4.78, 5) is 11.0. The van der Waals surface area contributed by atoms with Crippen LogP contribution in [-0.2, 0) is 18.3 Å². The Kier molecular flexibility index (Phi) is 4.39. The predicted octanol–water partition coefficient (Wildman–Crippen LogP) is 5.61. The summed E-state index contributed by atoms with van der Waals surface area (Å²) in [7, 11) is 0. The molecule has 152 valence electrons. The maximum absolute atomic E-state index is 6.18. The molecular weight excluding hydrogens is 368 g/mol. The van der Waals surface area contributed by atoms with Crippen molar-refractivity contribution in [1.29, 1.82) is 0 Å². The van der Waals surface area contributed by atoms with Crippen molar-refractivity contribution in [1.82, 2.24) is 9.97 Å². The van der Waals surface area contributed by atoms with Gasteiger partial charge in [-0.15, -0.1) is 0 Å². The van der Waals surface area contributed by atoms with Crippen molar-refractivity contribution in [2.45, 2.75) is 51.4 Å². The van der Waals surface area contributed by atoms with Gasteiger partial charge in [0.05, 0.1) is 29.5 Å². The second-order valence-electron chi connectivity index (χ2n) is 8.87. The minimum absolute atomic E-state index is 0.477. The molecule has 3 aromatic rings. The van der Waals surface area contributed by atoms with Crippen molar-refractivity contribution in [3.05, 3.63) is 89.1 Å². The maximum atomic E-state index is 6.18. The number of nitrogens with zero attached hydrogens (tertiary/aromatic N) is 3. The lowest BCUT2D eigenvalue weighted by molar-refractivity contribution is 0.675. The molecule has 1 saturated carbocycles. The van der Waals surface area contributed by atoms with Gasteiger partial charge in [-0.2, -0.15) is 0 Å². The molecule has 0 aliphatic heterocycles. The van der Waals surface area contributed by atoms with Gasteiger partial charge < -0.3 is 10.6 Å². The lowest BCUT2D eigenvalue weighted by atomic mass is 9.89. The Labute approximate surface area is 178 Å². The van der Waals surface area contributed by atoms with E-state index in [0.29, 0.717) is 11.1 Å². The van der Waals surface area contributed by atoms with Crippen molar-refractivity contribution < 1.29 is 0 Å². The van der Waals surface area contributed by atoms with Crippen molar-refractivity contribution in [2.75, 3.05) is 10.6 Å². The summed E-state index contributed by atoms with van der Waals surface area (Å²) in [5.41, 5.74) is 17.2. The molecule has 30 heavy (non-hydrogen) atoms. The topological polar surface area (TPSA) is 55.0 Å². The number of benzene rings is 1. The molecule has 2 aliphatic rings. The molecule has 1 aromatic carbocycles. The maximum Gasteiger partial charge on any atom is 0.0874 e. The first kappa shape index (κ1) is 18.9. The molecule has 1 spiro atoms. The summed E-state index contributed by atoms with van der Waals surface area (Å²) in [5, 5.41) is 0. The number of aryl methyl sites for hydroxylation is 1. The Bertz CT molecular complexity index is 1130. The third kappa shape index (κ3) is 3.07. The first-order valence-corrected chi connectivity index (χ1v) is 10.7. The summed E-state index contributed by atoms with van der Waals surface area (Å²) in [6, 6.07) is 10.6. The van der Waals surface area contributed by atoms with Crippen LogP contribution in [-0.4, -0.2) is 9.97 Å². The molecule has 2 aliphatic carbocycles. The van der Waals surface area contributed by atoms with Crippen molar-refractivity contribution in [3.63, 3.8) is 0 Å². The number of fused-ring (bicyclic) bond motifs is 2. The lowest BCUT2D eigenvalue weighted by Crippen LogP contribution is -2.16. The minimum Gasteiger partial charge on any atom is -0.397 e. The van der Waals surface area contributed by atoms with E-state index < -0.39 is 0 Å². The number of rotatable bonds is 5. The number of anilines is 3. The van der Waals surface area contributed by atoms with Gasteiger partial charge in [-0.25, -0.2) is 0 Å². The number of pyridine rings is 2. The molecule has 0 unspecified atom stereocenters. The molecule has 4 nitrogen and oxygen atoms in total. The Morgan fingerprint density at radius 3 is 2.63 bits per heavy atom. The summed E-state index contributed by atoms with van der Waals surface area (Å²) in [6.07, 6.45) is 11.5. The molecule has 5 rings (SSSR count). The van der Waals surface area contributed by atoms with E-state index >= 15 is 0 Å². The van der Waals surface area contributed by atoms with E-state index in [4.69, 9.17) is 10.7 Å². The second kappa shape index (κ2) is 6.98. The Balaban J connectivity index is 1.45. The van der Waals surface area contributed by atoms with Crippen molar-refractivity contribution in [2.24, 2.45) is 0 Å². The van der Waals surface area contributed by atoms with Crippen LogP contribution in [0.25, 0.3) is 0 Å². The highest BCUT2D eigenvalue weighted by molar-refractivity contribution is 5.76. The summed E-state index contributed by atoms with van der Waals surface area (Å²) < 4.78 is 0. The quantitative estimate of drug-likeness (QED) is 0.609. The van der Waals surface area contributed by atoms with Crippen LogP contribution in [0.1, 0.15) is 54.1 Å². The summed E-state index contributed by atoms with van der Waals surface area (Å²) >= 11 is 0. The Morgan fingerprint density at radius 2 is 1.97 bits per heavy atom. The molecule has 0 saturated heterocycles. The van der Waals surface area contributed by atoms with Crippen LogP contribution >= 0.6 is 0 Å². The van der Waals surface area contributed by atoms with Gasteiger partial charge in [-0.05, 0) is 85.4 Å². The Morgan fingerprint density at radius 1 is 1.13 bits per heavy atom. The first-order valence-electron chi connectivity index (χ1n) is 10.7. The smallest absolute Gasteiger partial charge is 0.0874 e. The number of nitrogens with two attached hydrogens (primary N) is 1. The second-order valence-corrected chi connectivity index (χ2v) is 8.87. The molecular formula is C26H28N4. The highest BCUT2D eigenvalue weighted by Crippen LogP contribution is 2.58. The zero-order chi connectivity index (χ0) is 20.9. The van der Waals surface area contributed by atoms with E-state index in [1.54, 1.807) is 29.6 Å².